The van der Waals surface area contributed by atoms with Crippen LogP contribution < -0.4 is 5.73 Å². The predicted molar refractivity (Wildman–Crippen MR) is 55.4 cm³/mol. The lowest BCUT2D eigenvalue weighted by molar-refractivity contribution is 0.461. The van der Waals surface area contributed by atoms with Gasteiger partial charge >= 0.3 is 0 Å². The molecule has 2 rings (SSSR count). The van der Waals surface area contributed by atoms with Crippen molar-refractivity contribution in [2.75, 3.05) is 0 Å². The van der Waals surface area contributed by atoms with E-state index in [4.69, 9.17) is 5.73 Å². The van der Waals surface area contributed by atoms with Gasteiger partial charge in [-0.05, 0) is 40.8 Å². The second-order valence-electron chi connectivity index (χ2n) is 3.69. The molecule has 1 aliphatic rings. The van der Waals surface area contributed by atoms with Crippen LogP contribution in [0.25, 0.3) is 0 Å². The number of hydrogen-bond donors (Lipinski definition) is 2. The molecule has 14 heavy (non-hydrogen) atoms. The van der Waals surface area contributed by atoms with E-state index in [9.17, 15) is 9.50 Å². The van der Waals surface area contributed by atoms with E-state index in [-0.39, 0.29) is 11.8 Å². The maximum Gasteiger partial charge on any atom is 0.132 e. The highest BCUT2D eigenvalue weighted by molar-refractivity contribution is 9.10. The highest BCUT2D eigenvalue weighted by Crippen LogP contribution is 2.41. The van der Waals surface area contributed by atoms with E-state index in [2.05, 4.69) is 15.9 Å². The van der Waals surface area contributed by atoms with Crippen molar-refractivity contribution < 1.29 is 9.50 Å². The monoisotopic (exact) mass is 259 g/mol. The van der Waals surface area contributed by atoms with E-state index in [1.165, 1.54) is 0 Å². The third-order valence-electron chi connectivity index (χ3n) is 2.56. The molecular formula is C10H11BrFNO. The summed E-state index contributed by atoms with van der Waals surface area (Å²) in [6.45, 7) is 0. The minimum absolute atomic E-state index is 0.0887. The van der Waals surface area contributed by atoms with Crippen LogP contribution in [0, 0.1) is 11.7 Å². The Labute approximate surface area is 90.1 Å². The first-order valence-corrected chi connectivity index (χ1v) is 5.32. The number of hydrogen-bond acceptors (Lipinski definition) is 2. The van der Waals surface area contributed by atoms with Crippen molar-refractivity contribution in [2.45, 2.75) is 18.9 Å². The minimum Gasteiger partial charge on any atom is -0.507 e. The predicted octanol–water partition coefficient (Wildman–Crippen LogP) is 2.70. The SMILES string of the molecule is NC(c1cc(Br)c(O)cc1F)C1CC1. The van der Waals surface area contributed by atoms with E-state index in [1.807, 2.05) is 0 Å². The number of aromatic hydroxyl groups is 1. The van der Waals surface area contributed by atoms with Gasteiger partial charge in [0.05, 0.1) is 4.47 Å². The van der Waals surface area contributed by atoms with Gasteiger partial charge in [0.15, 0.2) is 0 Å². The standard InChI is InChI=1S/C10H11BrFNO/c11-7-3-6(8(12)4-9(7)14)10(13)5-1-2-5/h3-5,10,14H,1-2,13H2. The minimum atomic E-state index is -0.426. The Kier molecular flexibility index (Phi) is 2.49. The van der Waals surface area contributed by atoms with Gasteiger partial charge in [0.2, 0.25) is 0 Å². The van der Waals surface area contributed by atoms with Crippen molar-refractivity contribution in [3.63, 3.8) is 0 Å². The number of benzene rings is 1. The smallest absolute Gasteiger partial charge is 0.132 e. The fraction of sp³-hybridized carbons (Fsp3) is 0.400. The molecule has 3 N–H and O–H groups in total. The third-order valence-corrected chi connectivity index (χ3v) is 3.19. The van der Waals surface area contributed by atoms with Crippen molar-refractivity contribution >= 4 is 15.9 Å². The zero-order valence-electron chi connectivity index (χ0n) is 7.50. The number of nitrogens with two attached hydrogens (primary N) is 1. The maximum absolute atomic E-state index is 13.4. The van der Waals surface area contributed by atoms with E-state index >= 15 is 0 Å². The molecule has 2 nitrogen and oxygen atoms in total. The van der Waals surface area contributed by atoms with E-state index < -0.39 is 5.82 Å². The lowest BCUT2D eigenvalue weighted by Crippen LogP contribution is -2.14. The Morgan fingerprint density at radius 2 is 2.14 bits per heavy atom. The lowest BCUT2D eigenvalue weighted by atomic mass is 10.0. The van der Waals surface area contributed by atoms with Crippen LogP contribution in [0.3, 0.4) is 0 Å². The quantitative estimate of drug-likeness (QED) is 0.858. The summed E-state index contributed by atoms with van der Waals surface area (Å²) >= 11 is 3.15. The molecule has 1 aliphatic carbocycles. The lowest BCUT2D eigenvalue weighted by Gasteiger charge is -2.12. The van der Waals surface area contributed by atoms with Crippen molar-refractivity contribution in [2.24, 2.45) is 11.7 Å². The van der Waals surface area contributed by atoms with Gasteiger partial charge in [-0.3, -0.25) is 0 Å². The van der Waals surface area contributed by atoms with E-state index in [0.29, 0.717) is 16.0 Å². The normalized spacial score (nSPS) is 18.2. The highest BCUT2D eigenvalue weighted by atomic mass is 79.9. The second-order valence-corrected chi connectivity index (χ2v) is 4.54. The molecule has 1 saturated carbocycles. The molecule has 0 heterocycles. The first kappa shape index (κ1) is 9.93. The molecule has 0 spiro atoms. The average molecular weight is 260 g/mol. The molecule has 76 valence electrons. The zero-order valence-corrected chi connectivity index (χ0v) is 9.09. The third kappa shape index (κ3) is 1.77. The fourth-order valence-corrected chi connectivity index (χ4v) is 1.88. The topological polar surface area (TPSA) is 46.2 Å². The molecular weight excluding hydrogens is 249 g/mol. The van der Waals surface area contributed by atoms with Gasteiger partial charge in [-0.25, -0.2) is 4.39 Å². The summed E-state index contributed by atoms with van der Waals surface area (Å²) < 4.78 is 13.9. The summed E-state index contributed by atoms with van der Waals surface area (Å²) in [4.78, 5) is 0. The largest absolute Gasteiger partial charge is 0.507 e. The molecule has 0 saturated heterocycles. The van der Waals surface area contributed by atoms with Gasteiger partial charge in [-0.15, -0.1) is 0 Å². The van der Waals surface area contributed by atoms with Crippen LogP contribution >= 0.6 is 15.9 Å². The Balaban J connectivity index is 2.36. The number of phenolic OH excluding ortho intramolecular Hbond substituents is 1. The summed E-state index contributed by atoms with van der Waals surface area (Å²) in [6.07, 6.45) is 2.14. The summed E-state index contributed by atoms with van der Waals surface area (Å²) in [5.74, 6) is -0.111. The van der Waals surface area contributed by atoms with Gasteiger partial charge in [-0.2, -0.15) is 0 Å². The first-order valence-electron chi connectivity index (χ1n) is 4.53. The molecule has 0 aromatic heterocycles. The van der Waals surface area contributed by atoms with Crippen LogP contribution in [-0.2, 0) is 0 Å². The molecule has 1 atom stereocenters. The van der Waals surface area contributed by atoms with Crippen LogP contribution in [0.1, 0.15) is 24.4 Å². The van der Waals surface area contributed by atoms with Crippen LogP contribution in [0.2, 0.25) is 0 Å². The summed E-state index contributed by atoms with van der Waals surface area (Å²) in [5.41, 5.74) is 6.36. The van der Waals surface area contributed by atoms with Crippen LogP contribution in [0.15, 0.2) is 16.6 Å². The molecule has 1 fully saturated rings. The summed E-state index contributed by atoms with van der Waals surface area (Å²) in [7, 11) is 0. The van der Waals surface area contributed by atoms with Crippen molar-refractivity contribution in [3.05, 3.63) is 28.0 Å². The highest BCUT2D eigenvalue weighted by Gasteiger charge is 2.31. The maximum atomic E-state index is 13.4. The summed E-state index contributed by atoms with van der Waals surface area (Å²) in [5, 5.41) is 9.23. The Bertz CT molecular complexity index is 365. The fourth-order valence-electron chi connectivity index (χ4n) is 1.52. The molecule has 1 unspecified atom stereocenters. The Morgan fingerprint density at radius 3 is 2.71 bits per heavy atom. The molecule has 4 heteroatoms. The number of halogens is 2. The Morgan fingerprint density at radius 1 is 1.50 bits per heavy atom. The molecule has 0 radical (unpaired) electrons. The second kappa shape index (κ2) is 3.51. The number of rotatable bonds is 2. The Hall–Kier alpha value is -0.610. The zero-order chi connectivity index (χ0) is 10.3. The van der Waals surface area contributed by atoms with Crippen molar-refractivity contribution in [3.8, 4) is 5.75 Å². The van der Waals surface area contributed by atoms with Gasteiger partial charge in [0.25, 0.3) is 0 Å². The first-order chi connectivity index (χ1) is 6.59. The van der Waals surface area contributed by atoms with Gasteiger partial charge < -0.3 is 10.8 Å². The van der Waals surface area contributed by atoms with Gasteiger partial charge in [0.1, 0.15) is 11.6 Å². The molecule has 1 aromatic rings. The van der Waals surface area contributed by atoms with E-state index in [1.54, 1.807) is 6.07 Å². The van der Waals surface area contributed by atoms with Gasteiger partial charge in [0, 0.05) is 17.7 Å². The van der Waals surface area contributed by atoms with Crippen molar-refractivity contribution in [1.82, 2.24) is 0 Å². The molecule has 1 aromatic carbocycles. The van der Waals surface area contributed by atoms with Crippen LogP contribution in [-0.4, -0.2) is 5.11 Å². The van der Waals surface area contributed by atoms with Crippen LogP contribution in [0.4, 0.5) is 4.39 Å². The molecule has 0 aliphatic heterocycles. The van der Waals surface area contributed by atoms with Gasteiger partial charge in [-0.1, -0.05) is 0 Å². The average Bonchev–Trinajstić information content (AvgIpc) is 2.93. The van der Waals surface area contributed by atoms with E-state index in [0.717, 1.165) is 18.9 Å². The van der Waals surface area contributed by atoms with Crippen molar-refractivity contribution in [1.29, 1.82) is 0 Å². The van der Waals surface area contributed by atoms with Crippen LogP contribution in [0.5, 0.6) is 5.75 Å². The molecule has 0 bridgehead atoms. The number of phenols is 1. The molecule has 0 amide bonds. The summed E-state index contributed by atoms with van der Waals surface area (Å²) in [6, 6.07) is 2.42.